The molecule has 2 bridgehead atoms. The molecule has 0 spiro atoms. The molecule has 0 aliphatic heterocycles. The van der Waals surface area contributed by atoms with E-state index in [2.05, 4.69) is 5.32 Å². The number of carbonyl (C=O) groups excluding carboxylic acids is 1. The lowest BCUT2D eigenvalue weighted by molar-refractivity contribution is -0.123. The molecule has 0 aromatic rings. The van der Waals surface area contributed by atoms with E-state index in [1.54, 1.807) is 0 Å². The number of hydrogen-bond acceptors (Lipinski definition) is 2. The highest BCUT2D eigenvalue weighted by atomic mass is 35.5. The van der Waals surface area contributed by atoms with Gasteiger partial charge in [0.1, 0.15) is 0 Å². The molecular weight excluding hydrogens is 236 g/mol. The van der Waals surface area contributed by atoms with Crippen molar-refractivity contribution in [3.63, 3.8) is 0 Å². The lowest BCUT2D eigenvalue weighted by Crippen LogP contribution is -2.45. The minimum atomic E-state index is -0.349. The molecule has 0 aromatic heterocycles. The molecule has 1 amide bonds. The van der Waals surface area contributed by atoms with E-state index >= 15 is 0 Å². The first-order valence-corrected chi connectivity index (χ1v) is 6.61. The maximum atomic E-state index is 11.7. The molecule has 0 aromatic carbocycles. The number of halogens is 1. The number of nitrogens with one attached hydrogen (secondary N) is 1. The Kier molecular flexibility index (Phi) is 5.26. The average molecular weight is 261 g/mol. The normalized spacial score (nSPS) is 32.4. The first-order valence-electron chi connectivity index (χ1n) is 6.61. The smallest absolute Gasteiger partial charge is 0.237 e. The fraction of sp³-hybridized carbons (Fsp3) is 0.923. The Morgan fingerprint density at radius 3 is 2.53 bits per heavy atom. The summed E-state index contributed by atoms with van der Waals surface area (Å²) < 4.78 is 0. The number of amides is 1. The van der Waals surface area contributed by atoms with Gasteiger partial charge in [0.25, 0.3) is 0 Å². The van der Waals surface area contributed by atoms with Gasteiger partial charge in [-0.15, -0.1) is 12.4 Å². The Labute approximate surface area is 110 Å². The van der Waals surface area contributed by atoms with Gasteiger partial charge in [-0.25, -0.2) is 0 Å². The summed E-state index contributed by atoms with van der Waals surface area (Å²) in [4.78, 5) is 11.7. The predicted molar refractivity (Wildman–Crippen MR) is 72.0 cm³/mol. The fourth-order valence-electron chi connectivity index (χ4n) is 3.28. The number of hydrogen-bond donors (Lipinski definition) is 2. The molecule has 3 N–H and O–H groups in total. The molecular formula is C13H25ClN2O. The van der Waals surface area contributed by atoms with Gasteiger partial charge in [-0.2, -0.15) is 0 Å². The molecule has 2 aliphatic rings. The van der Waals surface area contributed by atoms with Crippen LogP contribution < -0.4 is 11.1 Å². The molecule has 0 heterocycles. The largest absolute Gasteiger partial charge is 0.354 e. The van der Waals surface area contributed by atoms with Crippen molar-refractivity contribution in [1.29, 1.82) is 0 Å². The van der Waals surface area contributed by atoms with Gasteiger partial charge in [0.2, 0.25) is 5.91 Å². The van der Waals surface area contributed by atoms with Crippen LogP contribution in [0.4, 0.5) is 0 Å². The summed E-state index contributed by atoms with van der Waals surface area (Å²) in [6.45, 7) is 4.82. The van der Waals surface area contributed by atoms with Gasteiger partial charge in [0.05, 0.1) is 6.04 Å². The predicted octanol–water partition coefficient (Wildman–Crippen LogP) is 1.94. The quantitative estimate of drug-likeness (QED) is 0.812. The SMILES string of the molecule is CC(C)C(N)C(=O)NCC1CC2CCC1C2.Cl. The number of nitrogens with two attached hydrogens (primary N) is 1. The zero-order valence-corrected chi connectivity index (χ0v) is 11.6. The zero-order chi connectivity index (χ0) is 11.7. The highest BCUT2D eigenvalue weighted by Gasteiger charge is 2.39. The molecule has 100 valence electrons. The molecule has 2 fully saturated rings. The van der Waals surface area contributed by atoms with Gasteiger partial charge < -0.3 is 11.1 Å². The third kappa shape index (κ3) is 3.35. The number of fused-ring (bicyclic) bond motifs is 2. The molecule has 2 aliphatic carbocycles. The van der Waals surface area contributed by atoms with E-state index < -0.39 is 0 Å². The van der Waals surface area contributed by atoms with Crippen LogP contribution in [-0.4, -0.2) is 18.5 Å². The second kappa shape index (κ2) is 6.05. The maximum absolute atomic E-state index is 11.7. The van der Waals surface area contributed by atoms with Crippen LogP contribution in [0.2, 0.25) is 0 Å². The van der Waals surface area contributed by atoms with Crippen molar-refractivity contribution in [3.8, 4) is 0 Å². The summed E-state index contributed by atoms with van der Waals surface area (Å²) in [6.07, 6.45) is 5.51. The fourth-order valence-corrected chi connectivity index (χ4v) is 3.28. The van der Waals surface area contributed by atoms with E-state index in [-0.39, 0.29) is 30.3 Å². The lowest BCUT2D eigenvalue weighted by atomic mass is 9.89. The van der Waals surface area contributed by atoms with Gasteiger partial charge in [-0.3, -0.25) is 4.79 Å². The van der Waals surface area contributed by atoms with Crippen LogP contribution in [0.25, 0.3) is 0 Å². The minimum absolute atomic E-state index is 0. The first-order chi connectivity index (χ1) is 7.58. The highest BCUT2D eigenvalue weighted by Crippen LogP contribution is 2.47. The standard InChI is InChI=1S/C13H24N2O.ClH/c1-8(2)12(14)13(16)15-7-11-6-9-3-4-10(11)5-9;/h8-12H,3-7,14H2,1-2H3,(H,15,16);1H. The van der Waals surface area contributed by atoms with Crippen LogP contribution in [0.15, 0.2) is 0 Å². The summed E-state index contributed by atoms with van der Waals surface area (Å²) in [5.41, 5.74) is 5.81. The Morgan fingerprint density at radius 1 is 1.35 bits per heavy atom. The second-order valence-electron chi connectivity index (χ2n) is 5.95. The number of carbonyl (C=O) groups is 1. The maximum Gasteiger partial charge on any atom is 0.237 e. The van der Waals surface area contributed by atoms with Crippen molar-refractivity contribution < 1.29 is 4.79 Å². The molecule has 4 atom stereocenters. The molecule has 0 saturated heterocycles. The Bertz CT molecular complexity index is 270. The van der Waals surface area contributed by atoms with Crippen LogP contribution in [0.5, 0.6) is 0 Å². The Balaban J connectivity index is 0.00000144. The molecule has 17 heavy (non-hydrogen) atoms. The van der Waals surface area contributed by atoms with Gasteiger partial charge >= 0.3 is 0 Å². The minimum Gasteiger partial charge on any atom is -0.354 e. The molecule has 0 radical (unpaired) electrons. The van der Waals surface area contributed by atoms with Gasteiger partial charge in [0.15, 0.2) is 0 Å². The van der Waals surface area contributed by atoms with E-state index in [0.29, 0.717) is 0 Å². The molecule has 2 saturated carbocycles. The van der Waals surface area contributed by atoms with Crippen molar-refractivity contribution in [3.05, 3.63) is 0 Å². The van der Waals surface area contributed by atoms with Gasteiger partial charge in [0, 0.05) is 6.54 Å². The van der Waals surface area contributed by atoms with Crippen molar-refractivity contribution in [1.82, 2.24) is 5.32 Å². The first kappa shape index (κ1) is 14.8. The Morgan fingerprint density at radius 2 is 2.06 bits per heavy atom. The van der Waals surface area contributed by atoms with E-state index in [4.69, 9.17) is 5.73 Å². The monoisotopic (exact) mass is 260 g/mol. The van der Waals surface area contributed by atoms with E-state index in [9.17, 15) is 4.79 Å². The summed E-state index contributed by atoms with van der Waals surface area (Å²) >= 11 is 0. The van der Waals surface area contributed by atoms with E-state index in [1.807, 2.05) is 13.8 Å². The van der Waals surface area contributed by atoms with Crippen LogP contribution in [0, 0.1) is 23.7 Å². The van der Waals surface area contributed by atoms with Crippen LogP contribution >= 0.6 is 12.4 Å². The summed E-state index contributed by atoms with van der Waals surface area (Å²) in [7, 11) is 0. The zero-order valence-electron chi connectivity index (χ0n) is 10.8. The second-order valence-corrected chi connectivity index (χ2v) is 5.95. The van der Waals surface area contributed by atoms with Crippen molar-refractivity contribution in [2.45, 2.75) is 45.6 Å². The van der Waals surface area contributed by atoms with E-state index in [0.717, 1.165) is 24.3 Å². The molecule has 4 heteroatoms. The highest BCUT2D eigenvalue weighted by molar-refractivity contribution is 5.85. The third-order valence-corrected chi connectivity index (χ3v) is 4.44. The van der Waals surface area contributed by atoms with Crippen molar-refractivity contribution >= 4 is 18.3 Å². The van der Waals surface area contributed by atoms with Crippen molar-refractivity contribution in [2.24, 2.45) is 29.4 Å². The Hall–Kier alpha value is -0.280. The molecule has 4 unspecified atom stereocenters. The topological polar surface area (TPSA) is 55.1 Å². The summed E-state index contributed by atoms with van der Waals surface area (Å²) in [5.74, 6) is 2.80. The van der Waals surface area contributed by atoms with Crippen LogP contribution in [0.3, 0.4) is 0 Å². The summed E-state index contributed by atoms with van der Waals surface area (Å²) in [5, 5.41) is 3.03. The van der Waals surface area contributed by atoms with Gasteiger partial charge in [-0.05, 0) is 42.9 Å². The van der Waals surface area contributed by atoms with Crippen LogP contribution in [-0.2, 0) is 4.79 Å². The molecule has 3 nitrogen and oxygen atoms in total. The lowest BCUT2D eigenvalue weighted by Gasteiger charge is -2.23. The average Bonchev–Trinajstić information content (AvgIpc) is 2.86. The third-order valence-electron chi connectivity index (χ3n) is 4.44. The number of rotatable bonds is 4. The van der Waals surface area contributed by atoms with Gasteiger partial charge in [-0.1, -0.05) is 20.3 Å². The van der Waals surface area contributed by atoms with E-state index in [1.165, 1.54) is 25.7 Å². The van der Waals surface area contributed by atoms with Crippen molar-refractivity contribution in [2.75, 3.05) is 6.54 Å². The summed E-state index contributed by atoms with van der Waals surface area (Å²) in [6, 6.07) is -0.349. The molecule has 2 rings (SSSR count). The van der Waals surface area contributed by atoms with Crippen LogP contribution in [0.1, 0.15) is 39.5 Å².